The minimum atomic E-state index is -5.19. The fourth-order valence-electron chi connectivity index (χ4n) is 4.67. The topological polar surface area (TPSA) is 116 Å². The van der Waals surface area contributed by atoms with E-state index in [1.807, 2.05) is 0 Å². The van der Waals surface area contributed by atoms with E-state index < -0.39 is 79.3 Å². The SMILES string of the molecule is O=C(c1cc(C(F)(F)F)cc(C(F)(F)F)c1)N1CCO[C@](CCOS(=O)(=O)c2ccccc2[N+](=O)[O-])(c2ccc(Cl)c(Cl)c2)C1. The normalized spacial score (nSPS) is 17.7. The number of nitro groups is 1. The summed E-state index contributed by atoms with van der Waals surface area (Å²) in [5.74, 6) is -1.19. The van der Waals surface area contributed by atoms with Crippen LogP contribution in [-0.4, -0.2) is 50.5 Å². The van der Waals surface area contributed by atoms with Crippen LogP contribution in [0.15, 0.2) is 65.6 Å². The van der Waals surface area contributed by atoms with Crippen LogP contribution in [0.1, 0.15) is 33.5 Å². The van der Waals surface area contributed by atoms with E-state index in [1.54, 1.807) is 0 Å². The van der Waals surface area contributed by atoms with E-state index in [9.17, 15) is 49.7 Å². The van der Waals surface area contributed by atoms with E-state index in [-0.39, 0.29) is 41.2 Å². The van der Waals surface area contributed by atoms with E-state index >= 15 is 0 Å². The standard InChI is InChI=1S/C27H20Cl2F6N2O7S/c28-20-6-5-17(14-21(20)29)25(7-9-44-45(41,42)23-4-2-1-3-22(23)37(39)40)15-36(8-10-43-25)24(38)16-11-18(26(30,31)32)13-19(12-16)27(33,34)35/h1-6,11-14H,7-10,15H2/t25-/m0/s1. The minimum absolute atomic E-state index is 0.0155. The Kier molecular flexibility index (Phi) is 9.76. The fourth-order valence-corrected chi connectivity index (χ4v) is 6.04. The van der Waals surface area contributed by atoms with E-state index in [4.69, 9.17) is 32.1 Å². The quantitative estimate of drug-likeness (QED) is 0.107. The van der Waals surface area contributed by atoms with Gasteiger partial charge in [0.1, 0.15) is 5.60 Å². The maximum Gasteiger partial charge on any atom is 0.416 e. The Balaban J connectivity index is 1.69. The van der Waals surface area contributed by atoms with Gasteiger partial charge in [-0.2, -0.15) is 34.8 Å². The van der Waals surface area contributed by atoms with Crippen LogP contribution in [-0.2, 0) is 37.0 Å². The van der Waals surface area contributed by atoms with Gasteiger partial charge in [0, 0.05) is 24.6 Å². The Hall–Kier alpha value is -3.44. The van der Waals surface area contributed by atoms with Gasteiger partial charge in [-0.1, -0.05) is 41.4 Å². The second-order valence-electron chi connectivity index (χ2n) is 9.74. The van der Waals surface area contributed by atoms with Gasteiger partial charge in [0.05, 0.1) is 45.9 Å². The molecule has 1 aliphatic heterocycles. The second-order valence-corrected chi connectivity index (χ2v) is 12.1. The third kappa shape index (κ3) is 7.69. The highest BCUT2D eigenvalue weighted by atomic mass is 35.5. The van der Waals surface area contributed by atoms with Crippen molar-refractivity contribution in [1.82, 2.24) is 4.90 Å². The zero-order chi connectivity index (χ0) is 33.4. The predicted octanol–water partition coefficient (Wildman–Crippen LogP) is 7.10. The van der Waals surface area contributed by atoms with E-state index in [0.29, 0.717) is 12.1 Å². The molecule has 4 rings (SSSR count). The van der Waals surface area contributed by atoms with Gasteiger partial charge in [-0.15, -0.1) is 0 Å². The molecule has 0 aromatic heterocycles. The summed E-state index contributed by atoms with van der Waals surface area (Å²) < 4.78 is 117. The van der Waals surface area contributed by atoms with Gasteiger partial charge in [-0.3, -0.25) is 19.1 Å². The molecule has 3 aromatic carbocycles. The largest absolute Gasteiger partial charge is 0.416 e. The molecule has 0 unspecified atom stereocenters. The first kappa shape index (κ1) is 34.4. The summed E-state index contributed by atoms with van der Waals surface area (Å²) in [6.07, 6.45) is -10.8. The van der Waals surface area contributed by atoms with Crippen LogP contribution in [0.25, 0.3) is 0 Å². The van der Waals surface area contributed by atoms with Crippen molar-refractivity contribution in [3.63, 3.8) is 0 Å². The summed E-state index contributed by atoms with van der Waals surface area (Å²) in [6.45, 7) is -1.71. The molecular formula is C27H20Cl2F6N2O7S. The smallest absolute Gasteiger partial charge is 0.366 e. The van der Waals surface area contributed by atoms with E-state index in [1.165, 1.54) is 30.3 Å². The number of carbonyl (C=O) groups excluding carboxylic acids is 1. The van der Waals surface area contributed by atoms with Gasteiger partial charge in [0.25, 0.3) is 11.6 Å². The Labute approximate surface area is 261 Å². The van der Waals surface area contributed by atoms with Crippen molar-refractivity contribution >= 4 is 44.9 Å². The molecule has 9 nitrogen and oxygen atoms in total. The van der Waals surface area contributed by atoms with Crippen LogP contribution in [0.2, 0.25) is 10.0 Å². The molecule has 1 amide bonds. The lowest BCUT2D eigenvalue weighted by Gasteiger charge is -2.43. The van der Waals surface area contributed by atoms with Gasteiger partial charge in [-0.25, -0.2) is 0 Å². The van der Waals surface area contributed by atoms with Crippen LogP contribution in [0, 0.1) is 10.1 Å². The van der Waals surface area contributed by atoms with Crippen LogP contribution in [0.3, 0.4) is 0 Å². The Morgan fingerprint density at radius 3 is 2.18 bits per heavy atom. The Bertz CT molecular complexity index is 1700. The van der Waals surface area contributed by atoms with E-state index in [2.05, 4.69) is 0 Å². The molecule has 1 aliphatic rings. The number of ether oxygens (including phenoxy) is 1. The zero-order valence-electron chi connectivity index (χ0n) is 22.5. The second kappa shape index (κ2) is 12.7. The Morgan fingerprint density at radius 2 is 1.60 bits per heavy atom. The summed E-state index contributed by atoms with van der Waals surface area (Å²) in [7, 11) is -4.71. The molecule has 1 heterocycles. The average Bonchev–Trinajstić information content (AvgIpc) is 2.97. The van der Waals surface area contributed by atoms with Gasteiger partial charge < -0.3 is 9.64 Å². The lowest BCUT2D eigenvalue weighted by molar-refractivity contribution is -0.387. The van der Waals surface area contributed by atoms with Crippen molar-refractivity contribution in [2.45, 2.75) is 29.3 Å². The highest BCUT2D eigenvalue weighted by molar-refractivity contribution is 7.87. The van der Waals surface area contributed by atoms with Gasteiger partial charge in [0.15, 0.2) is 4.90 Å². The summed E-state index contributed by atoms with van der Waals surface area (Å²) in [6, 6.07) is 9.02. The molecule has 0 bridgehead atoms. The lowest BCUT2D eigenvalue weighted by atomic mass is 9.88. The number of halogens is 8. The molecular weight excluding hydrogens is 681 g/mol. The third-order valence-corrected chi connectivity index (χ3v) is 8.93. The maximum absolute atomic E-state index is 13.4. The number of hydrogen-bond acceptors (Lipinski definition) is 7. The highest BCUT2D eigenvalue weighted by Gasteiger charge is 2.43. The van der Waals surface area contributed by atoms with Crippen LogP contribution in [0.5, 0.6) is 0 Å². The summed E-state index contributed by atoms with van der Waals surface area (Å²) in [5.41, 5.74) is -6.44. The van der Waals surface area contributed by atoms with Crippen LogP contribution < -0.4 is 0 Å². The number of morpholine rings is 1. The van der Waals surface area contributed by atoms with Gasteiger partial charge >= 0.3 is 22.5 Å². The first-order valence-corrected chi connectivity index (χ1v) is 14.8. The molecule has 242 valence electrons. The summed E-state index contributed by atoms with van der Waals surface area (Å²) in [5, 5.41) is 11.5. The number of rotatable bonds is 8. The van der Waals surface area contributed by atoms with Crippen molar-refractivity contribution in [2.75, 3.05) is 26.3 Å². The third-order valence-electron chi connectivity index (χ3n) is 6.83. The highest BCUT2D eigenvalue weighted by Crippen LogP contribution is 2.39. The molecule has 1 fully saturated rings. The van der Waals surface area contributed by atoms with Crippen LogP contribution in [0.4, 0.5) is 32.0 Å². The molecule has 0 radical (unpaired) electrons. The number of nitro benzene ring substituents is 1. The number of carbonyl (C=O) groups is 1. The zero-order valence-corrected chi connectivity index (χ0v) is 24.8. The maximum atomic E-state index is 13.4. The van der Waals surface area contributed by atoms with Crippen molar-refractivity contribution in [3.05, 3.63) is 103 Å². The molecule has 1 atom stereocenters. The lowest BCUT2D eigenvalue weighted by Crippen LogP contribution is -2.52. The van der Waals surface area contributed by atoms with Crippen LogP contribution >= 0.6 is 23.2 Å². The van der Waals surface area contributed by atoms with Crippen molar-refractivity contribution < 1.29 is 53.4 Å². The molecule has 18 heteroatoms. The number of alkyl halides is 6. The van der Waals surface area contributed by atoms with Gasteiger partial charge in [-0.05, 0) is 42.0 Å². The van der Waals surface area contributed by atoms with Crippen molar-refractivity contribution in [2.24, 2.45) is 0 Å². The molecule has 0 saturated carbocycles. The number of hydrogen-bond donors (Lipinski definition) is 0. The fraction of sp³-hybridized carbons (Fsp3) is 0.296. The summed E-state index contributed by atoms with van der Waals surface area (Å²) >= 11 is 12.2. The molecule has 0 aliphatic carbocycles. The molecule has 3 aromatic rings. The predicted molar refractivity (Wildman–Crippen MR) is 147 cm³/mol. The molecule has 45 heavy (non-hydrogen) atoms. The first-order valence-electron chi connectivity index (χ1n) is 12.7. The first-order chi connectivity index (χ1) is 20.8. The minimum Gasteiger partial charge on any atom is -0.366 e. The summed E-state index contributed by atoms with van der Waals surface area (Å²) in [4.78, 5) is 24.1. The molecule has 0 spiro atoms. The number of benzene rings is 3. The van der Waals surface area contributed by atoms with Crippen molar-refractivity contribution in [1.29, 1.82) is 0 Å². The Morgan fingerprint density at radius 1 is 0.978 bits per heavy atom. The van der Waals surface area contributed by atoms with Crippen molar-refractivity contribution in [3.8, 4) is 0 Å². The van der Waals surface area contributed by atoms with E-state index in [0.717, 1.165) is 17.0 Å². The number of amides is 1. The molecule has 0 N–H and O–H groups in total. The number of para-hydroxylation sites is 1. The average molecular weight is 701 g/mol. The van der Waals surface area contributed by atoms with Gasteiger partial charge in [0.2, 0.25) is 0 Å². The molecule has 1 saturated heterocycles. The number of nitrogens with zero attached hydrogens (tertiary/aromatic N) is 2. The monoisotopic (exact) mass is 700 g/mol.